The fourth-order valence-electron chi connectivity index (χ4n) is 1.79. The van der Waals surface area contributed by atoms with E-state index in [2.05, 4.69) is 29.1 Å². The van der Waals surface area contributed by atoms with Crippen LogP contribution in [0.5, 0.6) is 0 Å². The average molecular weight is 271 g/mol. The molecule has 0 fully saturated rings. The lowest BCUT2D eigenvalue weighted by Crippen LogP contribution is -2.23. The van der Waals surface area contributed by atoms with Crippen molar-refractivity contribution in [3.8, 4) is 0 Å². The normalized spacial score (nSPS) is 12.5. The molecule has 0 unspecified atom stereocenters. The van der Waals surface area contributed by atoms with Gasteiger partial charge in [-0.1, -0.05) is 13.8 Å². The van der Waals surface area contributed by atoms with Crippen LogP contribution in [-0.4, -0.2) is 22.4 Å². The van der Waals surface area contributed by atoms with E-state index in [0.29, 0.717) is 24.7 Å². The number of aromatic nitrogens is 2. The van der Waals surface area contributed by atoms with Gasteiger partial charge in [0.1, 0.15) is 5.82 Å². The molecule has 0 spiro atoms. The van der Waals surface area contributed by atoms with Crippen LogP contribution in [0.1, 0.15) is 26.7 Å². The number of hydrogen-bond acceptors (Lipinski definition) is 4. The van der Waals surface area contributed by atoms with Crippen molar-refractivity contribution < 1.29 is 4.79 Å². The number of nitrogens with one attached hydrogen (secondary N) is 1. The Hall–Kier alpha value is -1.20. The smallest absolute Gasteiger partial charge is 0.225 e. The molecule has 0 saturated heterocycles. The van der Waals surface area contributed by atoms with Crippen molar-refractivity contribution in [2.75, 3.05) is 11.9 Å². The van der Waals surface area contributed by atoms with Gasteiger partial charge in [0.05, 0.1) is 0 Å². The van der Waals surface area contributed by atoms with Crippen molar-refractivity contribution in [1.29, 1.82) is 0 Å². The van der Waals surface area contributed by atoms with Crippen LogP contribution < -0.4 is 11.1 Å². The number of nitrogens with two attached hydrogens (primary N) is 1. The zero-order valence-corrected chi connectivity index (χ0v) is 11.4. The highest BCUT2D eigenvalue weighted by atomic mass is 35.5. The van der Waals surface area contributed by atoms with Gasteiger partial charge in [-0.05, 0) is 42.5 Å². The van der Waals surface area contributed by atoms with E-state index in [9.17, 15) is 4.79 Å². The van der Waals surface area contributed by atoms with Gasteiger partial charge in [0.15, 0.2) is 0 Å². The predicted octanol–water partition coefficient (Wildman–Crippen LogP) is 2.08. The second-order valence-electron chi connectivity index (χ2n) is 4.69. The average Bonchev–Trinajstić information content (AvgIpc) is 2.27. The quantitative estimate of drug-likeness (QED) is 0.776. The summed E-state index contributed by atoms with van der Waals surface area (Å²) in [6.45, 7) is 4.74. The Labute approximate surface area is 112 Å². The van der Waals surface area contributed by atoms with Gasteiger partial charge < -0.3 is 11.1 Å². The minimum absolute atomic E-state index is 0.0964. The van der Waals surface area contributed by atoms with Gasteiger partial charge in [-0.2, -0.15) is 0 Å². The molecule has 0 bridgehead atoms. The molecule has 5 nitrogen and oxygen atoms in total. The Morgan fingerprint density at radius 1 is 1.56 bits per heavy atom. The summed E-state index contributed by atoms with van der Waals surface area (Å²) in [5.74, 6) is 1.04. The number of anilines is 1. The topological polar surface area (TPSA) is 80.9 Å². The van der Waals surface area contributed by atoms with Gasteiger partial charge >= 0.3 is 0 Å². The molecule has 0 aliphatic carbocycles. The Morgan fingerprint density at radius 2 is 2.28 bits per heavy atom. The molecule has 1 rings (SSSR count). The maximum Gasteiger partial charge on any atom is 0.225 e. The van der Waals surface area contributed by atoms with Crippen LogP contribution in [0.4, 0.5) is 5.82 Å². The maximum atomic E-state index is 11.8. The van der Waals surface area contributed by atoms with Gasteiger partial charge in [-0.15, -0.1) is 0 Å². The Morgan fingerprint density at radius 3 is 2.83 bits per heavy atom. The minimum Gasteiger partial charge on any atom is -0.330 e. The summed E-state index contributed by atoms with van der Waals surface area (Å²) in [6.07, 6.45) is 2.84. The van der Waals surface area contributed by atoms with Gasteiger partial charge in [-0.25, -0.2) is 9.97 Å². The number of nitrogens with zero attached hydrogens (tertiary/aromatic N) is 2. The van der Waals surface area contributed by atoms with E-state index >= 15 is 0 Å². The number of hydrogen-bond donors (Lipinski definition) is 2. The van der Waals surface area contributed by atoms with E-state index < -0.39 is 0 Å². The van der Waals surface area contributed by atoms with Crippen molar-refractivity contribution in [2.24, 2.45) is 17.6 Å². The SMILES string of the molecule is CC(C)C[C@H](CN)CC(=O)Nc1ccnc(Cl)n1. The standard InChI is InChI=1S/C12H19ClN4O/c1-8(2)5-9(7-14)6-11(18)16-10-3-4-15-12(13)17-10/h3-4,8-9H,5-7,14H2,1-2H3,(H,15,16,17,18)/t9-/m0/s1. The van der Waals surface area contributed by atoms with Crippen LogP contribution in [-0.2, 0) is 4.79 Å². The predicted molar refractivity (Wildman–Crippen MR) is 72.3 cm³/mol. The van der Waals surface area contributed by atoms with Crippen LogP contribution in [0.2, 0.25) is 5.28 Å². The molecule has 100 valence electrons. The third-order valence-corrected chi connectivity index (χ3v) is 2.69. The number of carbonyl (C=O) groups is 1. The van der Waals surface area contributed by atoms with Crippen molar-refractivity contribution in [3.63, 3.8) is 0 Å². The number of halogens is 1. The number of rotatable bonds is 6. The Bertz CT molecular complexity index is 397. The molecule has 0 aromatic carbocycles. The van der Waals surface area contributed by atoms with E-state index in [1.165, 1.54) is 6.20 Å². The highest BCUT2D eigenvalue weighted by Gasteiger charge is 2.14. The zero-order valence-electron chi connectivity index (χ0n) is 10.7. The first kappa shape index (κ1) is 14.9. The van der Waals surface area contributed by atoms with Gasteiger partial charge in [0, 0.05) is 12.6 Å². The van der Waals surface area contributed by atoms with E-state index in [1.54, 1.807) is 6.07 Å². The first-order valence-corrected chi connectivity index (χ1v) is 6.37. The zero-order chi connectivity index (χ0) is 13.5. The summed E-state index contributed by atoms with van der Waals surface area (Å²) >= 11 is 5.64. The molecule has 3 N–H and O–H groups in total. The molecule has 0 aliphatic heterocycles. The minimum atomic E-state index is -0.0964. The lowest BCUT2D eigenvalue weighted by atomic mass is 9.94. The van der Waals surface area contributed by atoms with Gasteiger partial charge in [-0.3, -0.25) is 4.79 Å². The van der Waals surface area contributed by atoms with Crippen LogP contribution in [0, 0.1) is 11.8 Å². The third-order valence-electron chi connectivity index (χ3n) is 2.51. The Balaban J connectivity index is 2.50. The molecule has 1 atom stereocenters. The molecule has 1 heterocycles. The second-order valence-corrected chi connectivity index (χ2v) is 5.03. The summed E-state index contributed by atoms with van der Waals surface area (Å²) in [4.78, 5) is 19.4. The molecule has 0 radical (unpaired) electrons. The molecule has 6 heteroatoms. The summed E-state index contributed by atoms with van der Waals surface area (Å²) in [5.41, 5.74) is 5.66. The first-order valence-electron chi connectivity index (χ1n) is 5.99. The molecule has 1 aromatic heterocycles. The van der Waals surface area contributed by atoms with Crippen LogP contribution in [0.3, 0.4) is 0 Å². The van der Waals surface area contributed by atoms with E-state index in [1.807, 2.05) is 0 Å². The molecular formula is C12H19ClN4O. The van der Waals surface area contributed by atoms with Crippen LogP contribution in [0.15, 0.2) is 12.3 Å². The largest absolute Gasteiger partial charge is 0.330 e. The van der Waals surface area contributed by atoms with Crippen molar-refractivity contribution in [2.45, 2.75) is 26.7 Å². The number of carbonyl (C=O) groups excluding carboxylic acids is 1. The third kappa shape index (κ3) is 5.42. The van der Waals surface area contributed by atoms with Crippen molar-refractivity contribution >= 4 is 23.3 Å². The molecule has 18 heavy (non-hydrogen) atoms. The maximum absolute atomic E-state index is 11.8. The molecule has 1 amide bonds. The van der Waals surface area contributed by atoms with Crippen LogP contribution >= 0.6 is 11.6 Å². The monoisotopic (exact) mass is 270 g/mol. The fourth-order valence-corrected chi connectivity index (χ4v) is 1.94. The van der Waals surface area contributed by atoms with Crippen molar-refractivity contribution in [3.05, 3.63) is 17.5 Å². The highest BCUT2D eigenvalue weighted by Crippen LogP contribution is 2.15. The lowest BCUT2D eigenvalue weighted by molar-refractivity contribution is -0.117. The highest BCUT2D eigenvalue weighted by molar-refractivity contribution is 6.28. The Kier molecular flexibility index (Phi) is 6.01. The van der Waals surface area contributed by atoms with Gasteiger partial charge in [0.25, 0.3) is 0 Å². The molecule has 1 aromatic rings. The van der Waals surface area contributed by atoms with E-state index in [0.717, 1.165) is 6.42 Å². The van der Waals surface area contributed by atoms with E-state index in [4.69, 9.17) is 17.3 Å². The van der Waals surface area contributed by atoms with Crippen molar-refractivity contribution in [1.82, 2.24) is 9.97 Å². The fraction of sp³-hybridized carbons (Fsp3) is 0.583. The molecule has 0 saturated carbocycles. The number of amides is 1. The molecular weight excluding hydrogens is 252 g/mol. The summed E-state index contributed by atoms with van der Waals surface area (Å²) in [7, 11) is 0. The molecule has 0 aliphatic rings. The summed E-state index contributed by atoms with van der Waals surface area (Å²) in [6, 6.07) is 1.60. The first-order chi connectivity index (χ1) is 8.51. The van der Waals surface area contributed by atoms with Gasteiger partial charge in [0.2, 0.25) is 11.2 Å². The second kappa shape index (κ2) is 7.28. The van der Waals surface area contributed by atoms with E-state index in [-0.39, 0.29) is 17.1 Å². The summed E-state index contributed by atoms with van der Waals surface area (Å²) in [5, 5.41) is 2.81. The lowest BCUT2D eigenvalue weighted by Gasteiger charge is -2.16. The van der Waals surface area contributed by atoms with Crippen LogP contribution in [0.25, 0.3) is 0 Å². The summed E-state index contributed by atoms with van der Waals surface area (Å²) < 4.78 is 0.